The Morgan fingerprint density at radius 2 is 1.63 bits per heavy atom. The SMILES string of the molecule is CCN(CC)[C@H]1[C@H](OCc2ccccc2)O[C@@H]2COC(c3ccccc3)O[C@H]2[C@H]1O. The van der Waals surface area contributed by atoms with Crippen LogP contribution in [0.15, 0.2) is 60.7 Å². The van der Waals surface area contributed by atoms with Crippen molar-refractivity contribution in [1.29, 1.82) is 0 Å². The number of rotatable bonds is 7. The molecule has 0 amide bonds. The van der Waals surface area contributed by atoms with Gasteiger partial charge in [0.25, 0.3) is 0 Å². The molecule has 6 atom stereocenters. The topological polar surface area (TPSA) is 60.4 Å². The second-order valence-corrected chi connectivity index (χ2v) is 7.72. The predicted molar refractivity (Wildman–Crippen MR) is 113 cm³/mol. The Kier molecular flexibility index (Phi) is 7.15. The van der Waals surface area contributed by atoms with Crippen molar-refractivity contribution in [3.8, 4) is 0 Å². The lowest BCUT2D eigenvalue weighted by atomic mass is 9.94. The largest absolute Gasteiger partial charge is 0.388 e. The molecule has 0 saturated carbocycles. The van der Waals surface area contributed by atoms with Crippen LogP contribution in [-0.4, -0.2) is 60.3 Å². The summed E-state index contributed by atoms with van der Waals surface area (Å²) in [7, 11) is 0. The standard InChI is InChI=1S/C24H31NO5/c1-3-25(4-2)20-21(26)22-19(16-28-23(30-22)18-13-9-6-10-14-18)29-24(20)27-15-17-11-7-5-8-12-17/h5-14,19-24,26H,3-4,15-16H2,1-2H3/t19-,20-,21+,22-,23?,24-/m1/s1. The van der Waals surface area contributed by atoms with Gasteiger partial charge in [0.05, 0.1) is 19.3 Å². The summed E-state index contributed by atoms with van der Waals surface area (Å²) in [5.74, 6) is 0. The van der Waals surface area contributed by atoms with Crippen molar-refractivity contribution in [1.82, 2.24) is 4.90 Å². The van der Waals surface area contributed by atoms with Crippen molar-refractivity contribution >= 4 is 0 Å². The van der Waals surface area contributed by atoms with Gasteiger partial charge in [-0.2, -0.15) is 0 Å². The predicted octanol–water partition coefficient (Wildman–Crippen LogP) is 3.11. The molecule has 162 valence electrons. The highest BCUT2D eigenvalue weighted by Crippen LogP contribution is 2.36. The van der Waals surface area contributed by atoms with E-state index in [2.05, 4.69) is 18.7 Å². The number of aliphatic hydroxyl groups is 1. The average Bonchev–Trinajstić information content (AvgIpc) is 2.81. The fourth-order valence-electron chi connectivity index (χ4n) is 4.28. The molecular weight excluding hydrogens is 382 g/mol. The highest BCUT2D eigenvalue weighted by molar-refractivity contribution is 5.17. The number of likely N-dealkylation sites (N-methyl/N-ethyl adjacent to an activating group) is 1. The number of hydrogen-bond acceptors (Lipinski definition) is 6. The van der Waals surface area contributed by atoms with Gasteiger partial charge in [0.1, 0.15) is 18.3 Å². The third-order valence-corrected chi connectivity index (χ3v) is 5.90. The molecule has 6 heteroatoms. The molecular formula is C24H31NO5. The van der Waals surface area contributed by atoms with Gasteiger partial charge in [-0.3, -0.25) is 4.90 Å². The van der Waals surface area contributed by atoms with Crippen LogP contribution < -0.4 is 0 Å². The second kappa shape index (κ2) is 10.0. The maximum Gasteiger partial charge on any atom is 0.184 e. The number of hydrogen-bond donors (Lipinski definition) is 1. The van der Waals surface area contributed by atoms with Crippen LogP contribution >= 0.6 is 0 Å². The van der Waals surface area contributed by atoms with Crippen molar-refractivity contribution in [2.75, 3.05) is 19.7 Å². The number of aliphatic hydroxyl groups excluding tert-OH is 1. The maximum absolute atomic E-state index is 11.3. The van der Waals surface area contributed by atoms with Gasteiger partial charge in [-0.15, -0.1) is 0 Å². The van der Waals surface area contributed by atoms with E-state index in [1.165, 1.54) is 0 Å². The third-order valence-electron chi connectivity index (χ3n) is 5.90. The van der Waals surface area contributed by atoms with Gasteiger partial charge in [0.15, 0.2) is 12.6 Å². The van der Waals surface area contributed by atoms with E-state index in [1.54, 1.807) is 0 Å². The van der Waals surface area contributed by atoms with Crippen LogP contribution in [0.2, 0.25) is 0 Å². The first-order valence-corrected chi connectivity index (χ1v) is 10.8. The molecule has 0 spiro atoms. The lowest BCUT2D eigenvalue weighted by Gasteiger charge is -2.50. The zero-order chi connectivity index (χ0) is 20.9. The van der Waals surface area contributed by atoms with E-state index in [0.29, 0.717) is 13.2 Å². The van der Waals surface area contributed by atoms with Gasteiger partial charge in [-0.05, 0) is 18.7 Å². The first kappa shape index (κ1) is 21.4. The van der Waals surface area contributed by atoms with E-state index in [0.717, 1.165) is 24.2 Å². The first-order valence-electron chi connectivity index (χ1n) is 10.8. The summed E-state index contributed by atoms with van der Waals surface area (Å²) < 4.78 is 24.6. The molecule has 6 nitrogen and oxygen atoms in total. The molecule has 30 heavy (non-hydrogen) atoms. The molecule has 0 aliphatic carbocycles. The zero-order valence-corrected chi connectivity index (χ0v) is 17.6. The minimum absolute atomic E-state index is 0.320. The van der Waals surface area contributed by atoms with Crippen molar-refractivity contribution < 1.29 is 24.1 Å². The highest BCUT2D eigenvalue weighted by Gasteiger charge is 2.51. The quantitative estimate of drug-likeness (QED) is 0.753. The van der Waals surface area contributed by atoms with E-state index in [-0.39, 0.29) is 12.1 Å². The Hall–Kier alpha value is -1.80. The molecule has 0 bridgehead atoms. The van der Waals surface area contributed by atoms with Crippen LogP contribution in [0, 0.1) is 0 Å². The van der Waals surface area contributed by atoms with Crippen LogP contribution in [-0.2, 0) is 25.6 Å². The molecule has 2 aromatic rings. The highest BCUT2D eigenvalue weighted by atomic mass is 16.7. The van der Waals surface area contributed by atoms with Crippen molar-refractivity contribution in [2.24, 2.45) is 0 Å². The molecule has 2 fully saturated rings. The summed E-state index contributed by atoms with van der Waals surface area (Å²) in [6, 6.07) is 19.5. The summed E-state index contributed by atoms with van der Waals surface area (Å²) in [4.78, 5) is 2.17. The van der Waals surface area contributed by atoms with Gasteiger partial charge < -0.3 is 24.1 Å². The monoisotopic (exact) mass is 413 g/mol. The fourth-order valence-corrected chi connectivity index (χ4v) is 4.28. The molecule has 0 radical (unpaired) electrons. The van der Waals surface area contributed by atoms with Gasteiger partial charge in [0, 0.05) is 5.56 Å². The molecule has 1 N–H and O–H groups in total. The normalized spacial score (nSPS) is 31.5. The second-order valence-electron chi connectivity index (χ2n) is 7.72. The Morgan fingerprint density at radius 3 is 2.30 bits per heavy atom. The van der Waals surface area contributed by atoms with Gasteiger partial charge >= 0.3 is 0 Å². The zero-order valence-electron chi connectivity index (χ0n) is 17.6. The number of fused-ring (bicyclic) bond motifs is 1. The molecule has 2 saturated heterocycles. The minimum Gasteiger partial charge on any atom is -0.388 e. The van der Waals surface area contributed by atoms with E-state index >= 15 is 0 Å². The summed E-state index contributed by atoms with van der Waals surface area (Å²) in [6.07, 6.45) is -2.69. The molecule has 2 aliphatic rings. The van der Waals surface area contributed by atoms with Crippen molar-refractivity contribution in [3.63, 3.8) is 0 Å². The lowest BCUT2D eigenvalue weighted by molar-refractivity contribution is -0.354. The minimum atomic E-state index is -0.750. The maximum atomic E-state index is 11.3. The van der Waals surface area contributed by atoms with Gasteiger partial charge in [0.2, 0.25) is 0 Å². The molecule has 2 aliphatic heterocycles. The van der Waals surface area contributed by atoms with Crippen LogP contribution in [0.3, 0.4) is 0 Å². The first-order chi connectivity index (χ1) is 14.7. The van der Waals surface area contributed by atoms with Crippen molar-refractivity contribution in [3.05, 3.63) is 71.8 Å². The summed E-state index contributed by atoms with van der Waals surface area (Å²) in [6.45, 7) is 6.48. The molecule has 1 unspecified atom stereocenters. The summed E-state index contributed by atoms with van der Waals surface area (Å²) in [5.41, 5.74) is 2.00. The Labute approximate surface area is 178 Å². The number of benzene rings is 2. The summed E-state index contributed by atoms with van der Waals surface area (Å²) >= 11 is 0. The number of nitrogens with zero attached hydrogens (tertiary/aromatic N) is 1. The molecule has 4 rings (SSSR count). The van der Waals surface area contributed by atoms with E-state index in [1.807, 2.05) is 60.7 Å². The molecule has 0 aromatic heterocycles. The average molecular weight is 414 g/mol. The number of ether oxygens (including phenoxy) is 4. The van der Waals surface area contributed by atoms with Crippen LogP contribution in [0.4, 0.5) is 0 Å². The molecule has 2 aromatic carbocycles. The lowest BCUT2D eigenvalue weighted by Crippen LogP contribution is -2.66. The van der Waals surface area contributed by atoms with E-state index < -0.39 is 24.8 Å². The Bertz CT molecular complexity index is 770. The molecule has 2 heterocycles. The fraction of sp³-hybridized carbons (Fsp3) is 0.500. The van der Waals surface area contributed by atoms with Crippen LogP contribution in [0.5, 0.6) is 0 Å². The van der Waals surface area contributed by atoms with Crippen LogP contribution in [0.1, 0.15) is 31.3 Å². The summed E-state index contributed by atoms with van der Waals surface area (Å²) in [5, 5.41) is 11.3. The van der Waals surface area contributed by atoms with Crippen LogP contribution in [0.25, 0.3) is 0 Å². The van der Waals surface area contributed by atoms with Crippen molar-refractivity contribution in [2.45, 2.75) is 57.4 Å². The van der Waals surface area contributed by atoms with E-state index in [4.69, 9.17) is 18.9 Å². The van der Waals surface area contributed by atoms with Gasteiger partial charge in [-0.1, -0.05) is 74.5 Å². The van der Waals surface area contributed by atoms with Gasteiger partial charge in [-0.25, -0.2) is 0 Å². The smallest absolute Gasteiger partial charge is 0.184 e. The third kappa shape index (κ3) is 4.59. The van der Waals surface area contributed by atoms with E-state index in [9.17, 15) is 5.11 Å². The Morgan fingerprint density at radius 1 is 0.967 bits per heavy atom. The Balaban J connectivity index is 1.51.